The number of rotatable bonds is 7. The van der Waals surface area contributed by atoms with Crippen LogP contribution in [0.2, 0.25) is 0 Å². The second-order valence-electron chi connectivity index (χ2n) is 5.65. The van der Waals surface area contributed by atoms with Crippen molar-refractivity contribution in [1.82, 2.24) is 9.97 Å². The lowest BCUT2D eigenvalue weighted by molar-refractivity contribution is 0.305. The van der Waals surface area contributed by atoms with E-state index in [1.807, 2.05) is 24.3 Å². The van der Waals surface area contributed by atoms with Gasteiger partial charge in [-0.25, -0.2) is 9.37 Å². The molecule has 3 rings (SSSR count). The smallest absolute Gasteiger partial charge is 0.142 e. The maximum Gasteiger partial charge on any atom is 0.142 e. The second kappa shape index (κ2) is 7.27. The highest BCUT2D eigenvalue weighted by atomic mass is 19.1. The van der Waals surface area contributed by atoms with Crippen LogP contribution in [0.1, 0.15) is 32.6 Å². The number of aromatic amines is 1. The molecule has 1 aromatic heterocycles. The van der Waals surface area contributed by atoms with Gasteiger partial charge in [0, 0.05) is 0 Å². The van der Waals surface area contributed by atoms with Gasteiger partial charge in [0.25, 0.3) is 0 Å². The predicted octanol–water partition coefficient (Wildman–Crippen LogP) is 5.33. The van der Waals surface area contributed by atoms with Crippen molar-refractivity contribution < 1.29 is 9.13 Å². The minimum atomic E-state index is -0.293. The molecule has 0 aliphatic heterocycles. The molecule has 3 nitrogen and oxygen atoms in total. The van der Waals surface area contributed by atoms with Crippen LogP contribution in [0.25, 0.3) is 22.4 Å². The van der Waals surface area contributed by atoms with Crippen LogP contribution < -0.4 is 4.74 Å². The maximum atomic E-state index is 13.7. The van der Waals surface area contributed by atoms with Crippen molar-refractivity contribution >= 4 is 11.0 Å². The van der Waals surface area contributed by atoms with Crippen LogP contribution >= 0.6 is 0 Å². The first-order chi connectivity index (χ1) is 11.3. The van der Waals surface area contributed by atoms with E-state index in [0.29, 0.717) is 23.7 Å². The largest absolute Gasteiger partial charge is 0.493 e. The molecule has 0 unspecified atom stereocenters. The van der Waals surface area contributed by atoms with Crippen molar-refractivity contribution in [1.29, 1.82) is 0 Å². The molecule has 1 heterocycles. The molecule has 0 atom stereocenters. The van der Waals surface area contributed by atoms with Gasteiger partial charge < -0.3 is 9.72 Å². The highest BCUT2D eigenvalue weighted by molar-refractivity contribution is 5.80. The second-order valence-corrected chi connectivity index (χ2v) is 5.65. The summed E-state index contributed by atoms with van der Waals surface area (Å²) in [7, 11) is 0. The number of hydrogen-bond donors (Lipinski definition) is 1. The Balaban J connectivity index is 1.83. The Morgan fingerprint density at radius 2 is 1.96 bits per heavy atom. The van der Waals surface area contributed by atoms with E-state index in [0.717, 1.165) is 23.9 Å². The zero-order chi connectivity index (χ0) is 16.1. The molecule has 120 valence electrons. The van der Waals surface area contributed by atoms with Crippen molar-refractivity contribution in [2.24, 2.45) is 0 Å². The van der Waals surface area contributed by atoms with Crippen molar-refractivity contribution in [2.75, 3.05) is 6.61 Å². The number of benzene rings is 2. The van der Waals surface area contributed by atoms with Crippen LogP contribution in [0.5, 0.6) is 5.75 Å². The summed E-state index contributed by atoms with van der Waals surface area (Å²) in [6.07, 6.45) is 4.56. The molecule has 23 heavy (non-hydrogen) atoms. The standard InChI is InChI=1S/C19H21FN2O/c1-2-3-4-7-12-23-18-11-10-14(20)13-15(18)19-21-16-8-5-6-9-17(16)22-19/h5-6,8-11,13H,2-4,7,12H2,1H3,(H,21,22). The molecular formula is C19H21FN2O. The number of nitrogens with zero attached hydrogens (tertiary/aromatic N) is 1. The fourth-order valence-electron chi connectivity index (χ4n) is 2.60. The van der Waals surface area contributed by atoms with E-state index in [2.05, 4.69) is 16.9 Å². The van der Waals surface area contributed by atoms with Gasteiger partial charge in [0.15, 0.2) is 0 Å². The summed E-state index contributed by atoms with van der Waals surface area (Å²) in [5, 5.41) is 0. The predicted molar refractivity (Wildman–Crippen MR) is 91.1 cm³/mol. The first-order valence-corrected chi connectivity index (χ1v) is 8.15. The number of H-pyrrole nitrogens is 1. The summed E-state index contributed by atoms with van der Waals surface area (Å²) in [4.78, 5) is 7.77. The van der Waals surface area contributed by atoms with Gasteiger partial charge in [-0.3, -0.25) is 0 Å². The van der Waals surface area contributed by atoms with E-state index in [-0.39, 0.29) is 5.82 Å². The number of aromatic nitrogens is 2. The van der Waals surface area contributed by atoms with Crippen molar-refractivity contribution in [3.8, 4) is 17.1 Å². The Morgan fingerprint density at radius 1 is 1.09 bits per heavy atom. The van der Waals surface area contributed by atoms with Gasteiger partial charge in [0.2, 0.25) is 0 Å². The Kier molecular flexibility index (Phi) is 4.91. The minimum Gasteiger partial charge on any atom is -0.493 e. The summed E-state index contributed by atoms with van der Waals surface area (Å²) in [5.74, 6) is 1.01. The summed E-state index contributed by atoms with van der Waals surface area (Å²) in [6, 6.07) is 12.3. The van der Waals surface area contributed by atoms with Crippen LogP contribution in [0.3, 0.4) is 0 Å². The van der Waals surface area contributed by atoms with E-state index in [1.54, 1.807) is 6.07 Å². The fourth-order valence-corrected chi connectivity index (χ4v) is 2.60. The molecule has 0 saturated carbocycles. The molecule has 0 aliphatic rings. The van der Waals surface area contributed by atoms with Gasteiger partial charge in [-0.15, -0.1) is 0 Å². The zero-order valence-corrected chi connectivity index (χ0v) is 13.3. The maximum absolute atomic E-state index is 13.7. The lowest BCUT2D eigenvalue weighted by atomic mass is 10.2. The third-order valence-electron chi connectivity index (χ3n) is 3.84. The average molecular weight is 312 g/mol. The van der Waals surface area contributed by atoms with Crippen molar-refractivity contribution in [2.45, 2.75) is 32.6 Å². The van der Waals surface area contributed by atoms with Gasteiger partial charge >= 0.3 is 0 Å². The van der Waals surface area contributed by atoms with Crippen LogP contribution in [0.4, 0.5) is 4.39 Å². The summed E-state index contributed by atoms with van der Waals surface area (Å²) >= 11 is 0. The SMILES string of the molecule is CCCCCCOc1ccc(F)cc1-c1nc2ccccc2[nH]1. The van der Waals surface area contributed by atoms with E-state index in [9.17, 15) is 4.39 Å². The minimum absolute atomic E-state index is 0.293. The summed E-state index contributed by atoms with van der Waals surface area (Å²) in [6.45, 7) is 2.82. The first-order valence-electron chi connectivity index (χ1n) is 8.15. The molecule has 0 aliphatic carbocycles. The van der Waals surface area contributed by atoms with Crippen LogP contribution in [0.15, 0.2) is 42.5 Å². The molecule has 0 bridgehead atoms. The molecule has 0 spiro atoms. The van der Waals surface area contributed by atoms with Gasteiger partial charge in [-0.05, 0) is 36.8 Å². The lowest BCUT2D eigenvalue weighted by Crippen LogP contribution is -1.99. The molecule has 2 aromatic carbocycles. The Labute approximate surface area is 135 Å². The number of nitrogens with one attached hydrogen (secondary N) is 1. The molecule has 0 amide bonds. The topological polar surface area (TPSA) is 37.9 Å². The molecule has 0 radical (unpaired) electrons. The third-order valence-corrected chi connectivity index (χ3v) is 3.84. The summed E-state index contributed by atoms with van der Waals surface area (Å²) in [5.41, 5.74) is 2.46. The lowest BCUT2D eigenvalue weighted by Gasteiger charge is -2.10. The van der Waals surface area contributed by atoms with Gasteiger partial charge in [0.05, 0.1) is 23.2 Å². The number of ether oxygens (including phenoxy) is 1. The van der Waals surface area contributed by atoms with Gasteiger partial charge in [-0.1, -0.05) is 38.3 Å². The fraction of sp³-hybridized carbons (Fsp3) is 0.316. The quantitative estimate of drug-likeness (QED) is 0.599. The van der Waals surface area contributed by atoms with Crippen LogP contribution in [-0.2, 0) is 0 Å². The number of hydrogen-bond acceptors (Lipinski definition) is 2. The molecule has 0 fully saturated rings. The van der Waals surface area contributed by atoms with E-state index in [4.69, 9.17) is 4.74 Å². The highest BCUT2D eigenvalue weighted by Crippen LogP contribution is 2.30. The molecular weight excluding hydrogens is 291 g/mol. The number of para-hydroxylation sites is 2. The van der Waals surface area contributed by atoms with Crippen molar-refractivity contribution in [3.05, 3.63) is 48.3 Å². The van der Waals surface area contributed by atoms with E-state index < -0.39 is 0 Å². The average Bonchev–Trinajstić information content (AvgIpc) is 2.99. The molecule has 0 saturated heterocycles. The zero-order valence-electron chi connectivity index (χ0n) is 13.3. The molecule has 3 aromatic rings. The first kappa shape index (κ1) is 15.5. The number of imidazole rings is 1. The van der Waals surface area contributed by atoms with Crippen LogP contribution in [0, 0.1) is 5.82 Å². The Bertz CT molecular complexity index is 749. The van der Waals surface area contributed by atoms with Crippen LogP contribution in [-0.4, -0.2) is 16.6 Å². The molecule has 4 heteroatoms. The normalized spacial score (nSPS) is 11.0. The Morgan fingerprint density at radius 3 is 2.78 bits per heavy atom. The number of halogens is 1. The van der Waals surface area contributed by atoms with Gasteiger partial charge in [0.1, 0.15) is 17.4 Å². The molecule has 1 N–H and O–H groups in total. The number of fused-ring (bicyclic) bond motifs is 1. The summed E-state index contributed by atoms with van der Waals surface area (Å²) < 4.78 is 19.5. The van der Waals surface area contributed by atoms with Crippen molar-refractivity contribution in [3.63, 3.8) is 0 Å². The third kappa shape index (κ3) is 3.70. The highest BCUT2D eigenvalue weighted by Gasteiger charge is 2.12. The van der Waals surface area contributed by atoms with E-state index >= 15 is 0 Å². The van der Waals surface area contributed by atoms with E-state index in [1.165, 1.54) is 25.0 Å². The monoisotopic (exact) mass is 312 g/mol. The number of unbranched alkanes of at least 4 members (excludes halogenated alkanes) is 3. The Hall–Kier alpha value is -2.36. The van der Waals surface area contributed by atoms with Gasteiger partial charge in [-0.2, -0.15) is 0 Å².